The topological polar surface area (TPSA) is 191 Å². The molecule has 97 heavy (non-hydrogen) atoms. The number of carbonyl (C=O) groups excluding carboxylic acids is 6. The number of ether oxygens (including phenoxy) is 3. The molecule has 0 bridgehead atoms. The zero-order valence-corrected chi connectivity index (χ0v) is 58.4. The lowest BCUT2D eigenvalue weighted by Gasteiger charge is -2.33. The van der Waals surface area contributed by atoms with Gasteiger partial charge in [0.15, 0.2) is 17.4 Å². The lowest BCUT2D eigenvalue weighted by molar-refractivity contribution is -0.354. The molecule has 6 atom stereocenters. The summed E-state index contributed by atoms with van der Waals surface area (Å²) in [6.07, 6.45) is 4.07. The van der Waals surface area contributed by atoms with Crippen LogP contribution in [0.5, 0.6) is 17.2 Å². The maximum absolute atomic E-state index is 14.1. The first-order valence-electron chi connectivity index (χ1n) is 30.6. The summed E-state index contributed by atoms with van der Waals surface area (Å²) in [5.41, 5.74) is 1.19. The van der Waals surface area contributed by atoms with Crippen molar-refractivity contribution < 1.29 is 57.4 Å². The smallest absolute Gasteiger partial charge is 0.269 e. The highest BCUT2D eigenvalue weighted by Crippen LogP contribution is 2.63. The predicted molar refractivity (Wildman–Crippen MR) is 381 cm³/mol. The van der Waals surface area contributed by atoms with E-state index in [2.05, 4.69) is 47.8 Å². The highest BCUT2D eigenvalue weighted by atomic mass is 79.9. The SMILES string of the molecule is COc1ccc(C=[N+]([O-])c2ccccc2)cc1.COc1ccc([C@@H]2N(c3ccccc3)O[C@@]3(C)C(=O)N(c4ccc(Br)cc4)C(=O)[C@@]23C)cc1.COc1ccc([C@H]2N(c3ccccc3)O[C@@]3(C)C(=O)N(c4ccc(Br)cc4)C(=O)[C@@]23C)cc1.O=C1C=CC(=O)N1c1ccc(Br)cc1. The number of imide groups is 3. The number of rotatable bonds is 12. The summed E-state index contributed by atoms with van der Waals surface area (Å²) in [7, 11) is 4.83. The van der Waals surface area contributed by atoms with Gasteiger partial charge < -0.3 is 19.4 Å². The van der Waals surface area contributed by atoms with Crippen molar-refractivity contribution in [3.8, 4) is 17.2 Å². The second-order valence-electron chi connectivity index (χ2n) is 23.6. The van der Waals surface area contributed by atoms with Gasteiger partial charge in [0, 0.05) is 43.3 Å². The number of amides is 6. The lowest BCUT2D eigenvalue weighted by atomic mass is 9.69. The van der Waals surface area contributed by atoms with Crippen LogP contribution in [-0.2, 0) is 38.4 Å². The number of hydroxylamine groups is 2. The minimum Gasteiger partial charge on any atom is -0.618 e. The fourth-order valence-corrected chi connectivity index (χ4v) is 13.1. The molecule has 21 heteroatoms. The maximum atomic E-state index is 14.1. The molecule has 0 unspecified atom stereocenters. The molecule has 0 radical (unpaired) electrons. The van der Waals surface area contributed by atoms with Crippen LogP contribution >= 0.6 is 47.8 Å². The van der Waals surface area contributed by atoms with Gasteiger partial charge in [-0.05, 0) is 184 Å². The molecule has 9 aromatic rings. The molecule has 0 aliphatic carbocycles. The summed E-state index contributed by atoms with van der Waals surface area (Å²) in [5.74, 6) is 0.259. The van der Waals surface area contributed by atoms with Crippen molar-refractivity contribution in [1.29, 1.82) is 0 Å². The molecule has 6 amide bonds. The number of halogens is 3. The van der Waals surface area contributed by atoms with Crippen molar-refractivity contribution in [2.75, 3.05) is 46.2 Å². The Bertz CT molecular complexity index is 4230. The first kappa shape index (κ1) is 68.4. The average Bonchev–Trinajstić information content (AvgIpc) is 1.52. The van der Waals surface area contributed by atoms with E-state index in [1.54, 1.807) is 106 Å². The van der Waals surface area contributed by atoms with E-state index in [9.17, 15) is 34.0 Å². The standard InChI is InChI=1S/2C26H23BrN2O4.C14H13NO2.C10H6BrNO2/c2*1-25-22(17-9-15-21(32-3)16-10-17)29(20-7-5-4-6-8-20)33-26(25,2)24(31)28(23(25)30)19-13-11-18(27)12-14-19;1-17-14-9-7-12(8-10-14)11-15(16)13-5-3-2-4-6-13;11-7-1-3-8(4-2-7)12-9(13)5-6-10(12)14/h2*4-16,22H,1-3H3;2-11H,1H3;1-6H/t22-,25+,26-;22-,25-,26+;;/m01../s1. The van der Waals surface area contributed by atoms with E-state index in [0.29, 0.717) is 34.2 Å². The zero-order valence-electron chi connectivity index (χ0n) is 53.6. The van der Waals surface area contributed by atoms with Crippen LogP contribution in [-0.4, -0.2) is 78.9 Å². The molecule has 0 saturated carbocycles. The molecule has 5 heterocycles. The third-order valence-corrected chi connectivity index (χ3v) is 19.6. The average molecular weight is 1490 g/mol. The number of para-hydroxylation sites is 3. The number of methoxy groups -OCH3 is 3. The molecule has 9 aromatic carbocycles. The minimum absolute atomic E-state index is 0.294. The van der Waals surface area contributed by atoms with Gasteiger partial charge in [0.1, 0.15) is 28.1 Å². The summed E-state index contributed by atoms with van der Waals surface area (Å²) >= 11 is 10.1. The van der Waals surface area contributed by atoms with E-state index in [-0.39, 0.29) is 35.4 Å². The highest BCUT2D eigenvalue weighted by molar-refractivity contribution is 9.11. The molecular formula is C76H65Br3N6O12. The first-order chi connectivity index (χ1) is 46.6. The van der Waals surface area contributed by atoms with Crippen molar-refractivity contribution in [1.82, 2.24) is 0 Å². The maximum Gasteiger partial charge on any atom is 0.269 e. The van der Waals surface area contributed by atoms with Gasteiger partial charge in [0.05, 0.1) is 61.9 Å². The van der Waals surface area contributed by atoms with Crippen LogP contribution in [0.4, 0.5) is 34.1 Å². The number of hydrogen-bond donors (Lipinski definition) is 0. The van der Waals surface area contributed by atoms with Crippen molar-refractivity contribution in [3.63, 3.8) is 0 Å². The highest BCUT2D eigenvalue weighted by Gasteiger charge is 2.77. The Hall–Kier alpha value is -10.0. The lowest BCUT2D eigenvalue weighted by Crippen LogP contribution is -2.45. The van der Waals surface area contributed by atoms with Gasteiger partial charge in [-0.1, -0.05) is 127 Å². The Morgan fingerprint density at radius 3 is 1.03 bits per heavy atom. The largest absolute Gasteiger partial charge is 0.618 e. The Kier molecular flexibility index (Phi) is 20.0. The van der Waals surface area contributed by atoms with Gasteiger partial charge in [-0.2, -0.15) is 4.74 Å². The number of hydrogen-bond acceptors (Lipinski definition) is 14. The number of nitrogens with zero attached hydrogens (tertiary/aromatic N) is 6. The molecule has 0 spiro atoms. The van der Waals surface area contributed by atoms with Crippen molar-refractivity contribution in [2.45, 2.75) is 51.0 Å². The number of benzene rings is 9. The third kappa shape index (κ3) is 12.9. The predicted octanol–water partition coefficient (Wildman–Crippen LogP) is 15.4. The minimum atomic E-state index is -1.39. The molecule has 5 aliphatic rings. The molecule has 4 saturated heterocycles. The number of carbonyl (C=O) groups is 6. The second-order valence-corrected chi connectivity index (χ2v) is 26.3. The number of fused-ring (bicyclic) bond motifs is 2. The Morgan fingerprint density at radius 2 is 0.701 bits per heavy atom. The van der Waals surface area contributed by atoms with E-state index in [1.165, 1.54) is 28.2 Å². The summed E-state index contributed by atoms with van der Waals surface area (Å²) in [4.78, 5) is 94.7. The number of anilines is 5. The summed E-state index contributed by atoms with van der Waals surface area (Å²) in [6, 6.07) is 70.8. The molecule has 14 rings (SSSR count). The van der Waals surface area contributed by atoms with E-state index in [0.717, 1.165) is 56.9 Å². The van der Waals surface area contributed by atoms with E-state index < -0.39 is 34.1 Å². The molecular weight excluding hydrogens is 1430 g/mol. The summed E-state index contributed by atoms with van der Waals surface area (Å²) in [6.45, 7) is 7.07. The van der Waals surface area contributed by atoms with Crippen LogP contribution in [0.25, 0.3) is 0 Å². The van der Waals surface area contributed by atoms with Crippen LogP contribution < -0.4 is 39.0 Å². The fourth-order valence-electron chi connectivity index (χ4n) is 12.4. The van der Waals surface area contributed by atoms with Gasteiger partial charge in [-0.15, -0.1) is 0 Å². The van der Waals surface area contributed by atoms with Crippen LogP contribution in [0.2, 0.25) is 0 Å². The van der Waals surface area contributed by atoms with Gasteiger partial charge in [-0.25, -0.2) is 24.8 Å². The second kappa shape index (κ2) is 28.3. The molecule has 0 aromatic heterocycles. The van der Waals surface area contributed by atoms with Crippen molar-refractivity contribution in [3.05, 3.63) is 284 Å². The quantitative estimate of drug-likeness (QED) is 0.0369. The Morgan fingerprint density at radius 1 is 0.392 bits per heavy atom. The zero-order chi connectivity index (χ0) is 69.0. The summed E-state index contributed by atoms with van der Waals surface area (Å²) < 4.78 is 19.2. The Labute approximate surface area is 586 Å². The third-order valence-electron chi connectivity index (χ3n) is 18.0. The fraction of sp³-hybridized carbons (Fsp3) is 0.171. The van der Waals surface area contributed by atoms with Gasteiger partial charge in [0.2, 0.25) is 17.5 Å². The van der Waals surface area contributed by atoms with E-state index >= 15 is 0 Å². The van der Waals surface area contributed by atoms with Crippen molar-refractivity contribution >= 4 is 124 Å². The van der Waals surface area contributed by atoms with Crippen LogP contribution in [0.1, 0.15) is 56.5 Å². The van der Waals surface area contributed by atoms with Crippen LogP contribution in [0.3, 0.4) is 0 Å². The summed E-state index contributed by atoms with van der Waals surface area (Å²) in [5, 5.41) is 15.2. The molecule has 4 fully saturated rings. The van der Waals surface area contributed by atoms with Crippen LogP contribution in [0, 0.1) is 16.0 Å². The van der Waals surface area contributed by atoms with E-state index in [1.807, 2.05) is 190 Å². The van der Waals surface area contributed by atoms with Gasteiger partial charge >= 0.3 is 0 Å². The monoisotopic (exact) mass is 1490 g/mol. The molecule has 18 nitrogen and oxygen atoms in total. The van der Waals surface area contributed by atoms with E-state index in [4.69, 9.17) is 23.9 Å². The van der Waals surface area contributed by atoms with Crippen molar-refractivity contribution in [2.24, 2.45) is 10.8 Å². The normalized spacial score (nSPS) is 22.3. The molecule has 0 N–H and O–H groups in total. The van der Waals surface area contributed by atoms with Gasteiger partial charge in [0.25, 0.3) is 23.6 Å². The molecule has 5 aliphatic heterocycles. The van der Waals surface area contributed by atoms with Crippen LogP contribution in [0.15, 0.2) is 262 Å². The first-order valence-corrected chi connectivity index (χ1v) is 32.9. The molecule has 492 valence electrons. The Balaban J connectivity index is 0.000000139. The van der Waals surface area contributed by atoms with Gasteiger partial charge in [-0.3, -0.25) is 38.4 Å².